The molecule has 1 unspecified atom stereocenters. The van der Waals surface area contributed by atoms with Gasteiger partial charge in [0.2, 0.25) is 0 Å². The Kier molecular flexibility index (Phi) is 5.44. The van der Waals surface area contributed by atoms with Gasteiger partial charge in [-0.3, -0.25) is 14.5 Å². The molecule has 4 aromatic rings. The van der Waals surface area contributed by atoms with Crippen LogP contribution in [0, 0.1) is 0 Å². The van der Waals surface area contributed by atoms with Crippen LogP contribution in [-0.4, -0.2) is 23.4 Å². The van der Waals surface area contributed by atoms with Gasteiger partial charge in [0.25, 0.3) is 11.7 Å². The first-order valence-electron chi connectivity index (χ1n) is 10.7. The number of aliphatic hydroxyl groups is 1. The number of Topliss-reactive ketones (excluding diaryl/α,β-unsaturated/α-hetero) is 1. The number of carbonyl (C=O) groups is 2. The van der Waals surface area contributed by atoms with Crippen molar-refractivity contribution >= 4 is 45.2 Å². The molecule has 1 aliphatic rings. The normalized spacial score (nSPS) is 17.6. The molecule has 1 N–H and O–H groups in total. The van der Waals surface area contributed by atoms with Crippen molar-refractivity contribution in [2.45, 2.75) is 13.0 Å². The molecule has 5 rings (SSSR count). The van der Waals surface area contributed by atoms with Crippen LogP contribution in [0.3, 0.4) is 0 Å². The van der Waals surface area contributed by atoms with Gasteiger partial charge in [0.15, 0.2) is 0 Å². The summed E-state index contributed by atoms with van der Waals surface area (Å²) in [5.41, 5.74) is 1.15. The Hall–Kier alpha value is -3.90. The van der Waals surface area contributed by atoms with Gasteiger partial charge in [-0.25, -0.2) is 0 Å². The second-order valence-corrected chi connectivity index (χ2v) is 8.62. The van der Waals surface area contributed by atoms with Crippen molar-refractivity contribution < 1.29 is 19.4 Å². The van der Waals surface area contributed by atoms with E-state index >= 15 is 0 Å². The number of ketones is 1. The number of hydrogen-bond acceptors (Lipinski definition) is 5. The van der Waals surface area contributed by atoms with Crippen LogP contribution >= 0.6 is 11.3 Å². The SMILES string of the molecule is CCOc1cccc(N2C(=O)C(=O)/C(=C(\O)c3cccc4ccccc34)C2c2cccs2)c1. The third-order valence-corrected chi connectivity index (χ3v) is 6.63. The average Bonchev–Trinajstić information content (AvgIpc) is 3.45. The summed E-state index contributed by atoms with van der Waals surface area (Å²) in [5, 5.41) is 15.1. The molecule has 3 aromatic carbocycles. The second-order valence-electron chi connectivity index (χ2n) is 7.64. The van der Waals surface area contributed by atoms with E-state index in [-0.39, 0.29) is 11.3 Å². The lowest BCUT2D eigenvalue weighted by atomic mass is 9.96. The average molecular weight is 456 g/mol. The molecule has 1 saturated heterocycles. The zero-order valence-electron chi connectivity index (χ0n) is 17.9. The second kappa shape index (κ2) is 8.56. The maximum Gasteiger partial charge on any atom is 0.300 e. The molecule has 1 aromatic heterocycles. The molecule has 1 aliphatic heterocycles. The van der Waals surface area contributed by atoms with E-state index in [1.54, 1.807) is 30.3 Å². The summed E-state index contributed by atoms with van der Waals surface area (Å²) >= 11 is 1.43. The lowest BCUT2D eigenvalue weighted by Gasteiger charge is -2.24. The molecule has 5 nitrogen and oxygen atoms in total. The van der Waals surface area contributed by atoms with Crippen molar-refractivity contribution in [1.82, 2.24) is 0 Å². The molecular weight excluding hydrogens is 434 g/mol. The highest BCUT2D eigenvalue weighted by atomic mass is 32.1. The minimum atomic E-state index is -0.735. The van der Waals surface area contributed by atoms with Gasteiger partial charge < -0.3 is 9.84 Å². The van der Waals surface area contributed by atoms with Crippen LogP contribution < -0.4 is 9.64 Å². The van der Waals surface area contributed by atoms with E-state index in [0.29, 0.717) is 23.6 Å². The minimum Gasteiger partial charge on any atom is -0.507 e. The highest BCUT2D eigenvalue weighted by molar-refractivity contribution is 7.10. The molecule has 33 heavy (non-hydrogen) atoms. The van der Waals surface area contributed by atoms with E-state index in [1.165, 1.54) is 16.2 Å². The summed E-state index contributed by atoms with van der Waals surface area (Å²) in [4.78, 5) is 28.8. The molecule has 1 amide bonds. The highest BCUT2D eigenvalue weighted by Gasteiger charge is 2.47. The zero-order valence-corrected chi connectivity index (χ0v) is 18.7. The van der Waals surface area contributed by atoms with E-state index in [4.69, 9.17) is 4.74 Å². The Balaban J connectivity index is 1.73. The lowest BCUT2D eigenvalue weighted by Crippen LogP contribution is -2.29. The summed E-state index contributed by atoms with van der Waals surface area (Å²) in [6, 6.07) is 23.3. The van der Waals surface area contributed by atoms with Crippen molar-refractivity contribution in [3.8, 4) is 5.75 Å². The number of ether oxygens (including phenoxy) is 1. The summed E-state index contributed by atoms with van der Waals surface area (Å²) in [6.07, 6.45) is 0. The summed E-state index contributed by atoms with van der Waals surface area (Å²) in [7, 11) is 0. The lowest BCUT2D eigenvalue weighted by molar-refractivity contribution is -0.132. The fourth-order valence-corrected chi connectivity index (χ4v) is 5.11. The molecule has 164 valence electrons. The molecule has 0 saturated carbocycles. The van der Waals surface area contributed by atoms with E-state index in [0.717, 1.165) is 15.6 Å². The van der Waals surface area contributed by atoms with E-state index in [1.807, 2.05) is 60.8 Å². The molecule has 0 bridgehead atoms. The minimum absolute atomic E-state index is 0.0839. The van der Waals surface area contributed by atoms with Crippen molar-refractivity contribution in [3.05, 3.63) is 100 Å². The third kappa shape index (κ3) is 3.58. The topological polar surface area (TPSA) is 66.8 Å². The molecule has 0 radical (unpaired) electrons. The van der Waals surface area contributed by atoms with Crippen LogP contribution in [-0.2, 0) is 9.59 Å². The Morgan fingerprint density at radius 3 is 2.58 bits per heavy atom. The molecule has 1 fully saturated rings. The predicted molar refractivity (Wildman–Crippen MR) is 131 cm³/mol. The van der Waals surface area contributed by atoms with E-state index in [9.17, 15) is 14.7 Å². The number of aliphatic hydroxyl groups excluding tert-OH is 1. The Morgan fingerprint density at radius 1 is 1.00 bits per heavy atom. The van der Waals surface area contributed by atoms with Crippen LogP contribution in [0.5, 0.6) is 5.75 Å². The van der Waals surface area contributed by atoms with Crippen molar-refractivity contribution in [2.24, 2.45) is 0 Å². The first-order valence-corrected chi connectivity index (χ1v) is 11.5. The van der Waals surface area contributed by atoms with E-state index in [2.05, 4.69) is 0 Å². The molecular formula is C27H21NO4S. The largest absolute Gasteiger partial charge is 0.507 e. The maximum absolute atomic E-state index is 13.3. The smallest absolute Gasteiger partial charge is 0.300 e. The van der Waals surface area contributed by atoms with Crippen LogP contribution in [0.1, 0.15) is 23.4 Å². The Bertz CT molecular complexity index is 1390. The number of carbonyl (C=O) groups excluding carboxylic acids is 2. The summed E-state index contributed by atoms with van der Waals surface area (Å²) in [6.45, 7) is 2.37. The number of fused-ring (bicyclic) bond motifs is 1. The number of amides is 1. The standard InChI is InChI=1S/C27H21NO4S/c1-2-32-19-11-6-10-18(16-19)28-24(22-14-7-15-33-22)23(26(30)27(28)31)25(29)21-13-5-9-17-8-3-4-12-20(17)21/h3-16,24,29H,2H2,1H3/b25-23-. The first-order chi connectivity index (χ1) is 16.1. The fourth-order valence-electron chi connectivity index (χ4n) is 4.28. The number of hydrogen-bond donors (Lipinski definition) is 1. The van der Waals surface area contributed by atoms with Crippen molar-refractivity contribution in [2.75, 3.05) is 11.5 Å². The Morgan fingerprint density at radius 2 is 1.79 bits per heavy atom. The molecule has 1 atom stereocenters. The number of rotatable bonds is 5. The van der Waals surface area contributed by atoms with Gasteiger partial charge in [0.05, 0.1) is 12.2 Å². The first kappa shape index (κ1) is 21.0. The highest BCUT2D eigenvalue weighted by Crippen LogP contribution is 2.44. The monoisotopic (exact) mass is 455 g/mol. The number of thiophene rings is 1. The van der Waals surface area contributed by atoms with Crippen LogP contribution in [0.4, 0.5) is 5.69 Å². The van der Waals surface area contributed by atoms with Crippen LogP contribution in [0.15, 0.2) is 89.8 Å². The molecule has 0 aliphatic carbocycles. The molecule has 0 spiro atoms. The quantitative estimate of drug-likeness (QED) is 0.230. The zero-order chi connectivity index (χ0) is 22.9. The molecule has 6 heteroatoms. The van der Waals surface area contributed by atoms with Crippen molar-refractivity contribution in [3.63, 3.8) is 0 Å². The summed E-state index contributed by atoms with van der Waals surface area (Å²) < 4.78 is 5.60. The number of nitrogens with zero attached hydrogens (tertiary/aromatic N) is 1. The maximum atomic E-state index is 13.3. The molecule has 2 heterocycles. The summed E-state index contributed by atoms with van der Waals surface area (Å²) in [5.74, 6) is -0.952. The van der Waals surface area contributed by atoms with Gasteiger partial charge >= 0.3 is 0 Å². The van der Waals surface area contributed by atoms with Gasteiger partial charge in [-0.15, -0.1) is 11.3 Å². The van der Waals surface area contributed by atoms with Crippen LogP contribution in [0.25, 0.3) is 16.5 Å². The fraction of sp³-hybridized carbons (Fsp3) is 0.111. The van der Waals surface area contributed by atoms with Gasteiger partial charge in [0, 0.05) is 22.2 Å². The van der Waals surface area contributed by atoms with Gasteiger partial charge in [0.1, 0.15) is 17.6 Å². The number of benzene rings is 3. The third-order valence-electron chi connectivity index (χ3n) is 5.71. The van der Waals surface area contributed by atoms with Gasteiger partial charge in [-0.05, 0) is 41.3 Å². The van der Waals surface area contributed by atoms with Gasteiger partial charge in [-0.2, -0.15) is 0 Å². The number of anilines is 1. The van der Waals surface area contributed by atoms with Gasteiger partial charge in [-0.1, -0.05) is 54.6 Å². The van der Waals surface area contributed by atoms with Crippen LogP contribution in [0.2, 0.25) is 0 Å². The predicted octanol–water partition coefficient (Wildman–Crippen LogP) is 5.93. The van der Waals surface area contributed by atoms with E-state index < -0.39 is 17.7 Å². The van der Waals surface area contributed by atoms with Crippen molar-refractivity contribution in [1.29, 1.82) is 0 Å². The Labute approximate surface area is 195 Å².